The van der Waals surface area contributed by atoms with Crippen LogP contribution in [0.1, 0.15) is 42.5 Å². The predicted octanol–water partition coefficient (Wildman–Crippen LogP) is 2.94. The number of aromatic nitrogens is 1. The summed E-state index contributed by atoms with van der Waals surface area (Å²) in [5, 5.41) is 0. The maximum Gasteiger partial charge on any atom is 0.282 e. The molecule has 1 aromatic heterocycles. The predicted molar refractivity (Wildman–Crippen MR) is 110 cm³/mol. The zero-order chi connectivity index (χ0) is 20.1. The summed E-state index contributed by atoms with van der Waals surface area (Å²) in [6.07, 6.45) is 0.458. The number of hydrogen-bond donors (Lipinski definition) is 0. The maximum atomic E-state index is 12.9. The van der Waals surface area contributed by atoms with E-state index in [1.165, 1.54) is 14.2 Å². The minimum absolute atomic E-state index is 0.292. The topological polar surface area (TPSA) is 62.7 Å². The largest absolute Gasteiger partial charge is 0.369 e. The van der Waals surface area contributed by atoms with Gasteiger partial charge in [0.1, 0.15) is 6.10 Å². The third kappa shape index (κ3) is 4.78. The fourth-order valence-corrected chi connectivity index (χ4v) is 5.20. The first-order valence-corrected chi connectivity index (χ1v) is 11.2. The van der Waals surface area contributed by atoms with Crippen LogP contribution in [0.25, 0.3) is 0 Å². The summed E-state index contributed by atoms with van der Waals surface area (Å²) in [5.41, 5.74) is 4.09. The van der Waals surface area contributed by atoms with Crippen LogP contribution in [0.4, 0.5) is 0 Å². The molecule has 1 aliphatic rings. The molecule has 1 fully saturated rings. The van der Waals surface area contributed by atoms with Crippen molar-refractivity contribution >= 4 is 10.2 Å². The number of pyridine rings is 1. The van der Waals surface area contributed by atoms with Crippen molar-refractivity contribution in [3.8, 4) is 0 Å². The monoisotopic (exact) mass is 403 g/mol. The molecular formula is C21H29N3O3S. The van der Waals surface area contributed by atoms with Gasteiger partial charge in [-0.3, -0.25) is 4.98 Å². The van der Waals surface area contributed by atoms with Crippen molar-refractivity contribution in [3.05, 3.63) is 65.0 Å². The minimum atomic E-state index is -3.48. The molecule has 0 radical (unpaired) electrons. The molecular weight excluding hydrogens is 374 g/mol. The quantitative estimate of drug-likeness (QED) is 0.713. The van der Waals surface area contributed by atoms with E-state index in [0.717, 1.165) is 23.4 Å². The molecule has 6 nitrogen and oxygen atoms in total. The van der Waals surface area contributed by atoms with Gasteiger partial charge in [0.15, 0.2) is 0 Å². The lowest BCUT2D eigenvalue weighted by atomic mass is 10.0. The Balaban J connectivity index is 1.81. The standard InChI is InChI=1S/C21H29N3O3S/c1-4-23(5-2)28(25,26)24-11-12-27-21(16-24)20-15-19(13-17(3)22-20)14-18-9-7-6-8-10-18/h6-10,13,15,21H,4-5,11-12,14,16H2,1-3H3/t21-/m1/s1. The van der Waals surface area contributed by atoms with Crippen molar-refractivity contribution in [1.29, 1.82) is 0 Å². The van der Waals surface area contributed by atoms with E-state index < -0.39 is 10.2 Å². The molecule has 1 aromatic carbocycles. The molecule has 2 aromatic rings. The van der Waals surface area contributed by atoms with Gasteiger partial charge >= 0.3 is 0 Å². The second-order valence-electron chi connectivity index (χ2n) is 7.01. The van der Waals surface area contributed by atoms with Crippen molar-refractivity contribution in [2.24, 2.45) is 0 Å². The number of hydrogen-bond acceptors (Lipinski definition) is 4. The molecule has 0 unspecified atom stereocenters. The van der Waals surface area contributed by atoms with Crippen LogP contribution in [0.2, 0.25) is 0 Å². The highest BCUT2D eigenvalue weighted by molar-refractivity contribution is 7.86. The van der Waals surface area contributed by atoms with Crippen LogP contribution >= 0.6 is 0 Å². The van der Waals surface area contributed by atoms with Crippen molar-refractivity contribution in [2.75, 3.05) is 32.8 Å². The highest BCUT2D eigenvalue weighted by atomic mass is 32.2. The number of rotatable bonds is 7. The van der Waals surface area contributed by atoms with Crippen LogP contribution in [0, 0.1) is 6.92 Å². The molecule has 0 amide bonds. The Bertz CT molecular complexity index is 883. The lowest BCUT2D eigenvalue weighted by Gasteiger charge is -2.35. The Kier molecular flexibility index (Phi) is 6.82. The van der Waals surface area contributed by atoms with Gasteiger partial charge in [0.25, 0.3) is 10.2 Å². The second kappa shape index (κ2) is 9.13. The Hall–Kier alpha value is -1.80. The summed E-state index contributed by atoms with van der Waals surface area (Å²) in [6, 6.07) is 14.4. The van der Waals surface area contributed by atoms with Gasteiger partial charge in [-0.15, -0.1) is 0 Å². The highest BCUT2D eigenvalue weighted by Gasteiger charge is 2.34. The fourth-order valence-electron chi connectivity index (χ4n) is 3.59. The maximum absolute atomic E-state index is 12.9. The van der Waals surface area contributed by atoms with Gasteiger partial charge in [0.2, 0.25) is 0 Å². The molecule has 2 heterocycles. The van der Waals surface area contributed by atoms with E-state index in [4.69, 9.17) is 4.74 Å². The first-order chi connectivity index (χ1) is 13.4. The van der Waals surface area contributed by atoms with E-state index in [1.54, 1.807) is 0 Å². The first kappa shape index (κ1) is 20.9. The van der Waals surface area contributed by atoms with Crippen LogP contribution < -0.4 is 0 Å². The number of ether oxygens (including phenoxy) is 1. The lowest BCUT2D eigenvalue weighted by molar-refractivity contribution is -0.00668. The van der Waals surface area contributed by atoms with E-state index in [9.17, 15) is 8.42 Å². The summed E-state index contributed by atoms with van der Waals surface area (Å²) in [7, 11) is -3.48. The van der Waals surface area contributed by atoms with Crippen LogP contribution in [0.15, 0.2) is 42.5 Å². The van der Waals surface area contributed by atoms with E-state index >= 15 is 0 Å². The summed E-state index contributed by atoms with van der Waals surface area (Å²) in [6.45, 7) is 7.64. The number of aryl methyl sites for hydroxylation is 1. The molecule has 3 rings (SSSR count). The van der Waals surface area contributed by atoms with Gasteiger partial charge in [0.05, 0.1) is 12.3 Å². The lowest BCUT2D eigenvalue weighted by Crippen LogP contribution is -2.49. The minimum Gasteiger partial charge on any atom is -0.369 e. The SMILES string of the molecule is CCN(CC)S(=O)(=O)N1CCO[C@@H](c2cc(Cc3ccccc3)cc(C)n2)C1. The van der Waals surface area contributed by atoms with Gasteiger partial charge < -0.3 is 4.74 Å². The first-order valence-electron chi connectivity index (χ1n) is 9.82. The normalized spacial score (nSPS) is 18.5. The Morgan fingerprint density at radius 3 is 2.54 bits per heavy atom. The molecule has 1 atom stereocenters. The van der Waals surface area contributed by atoms with Gasteiger partial charge in [-0.25, -0.2) is 0 Å². The fraction of sp³-hybridized carbons (Fsp3) is 0.476. The van der Waals surface area contributed by atoms with E-state index in [-0.39, 0.29) is 6.10 Å². The van der Waals surface area contributed by atoms with Crippen molar-refractivity contribution in [3.63, 3.8) is 0 Å². The third-order valence-electron chi connectivity index (χ3n) is 5.00. The molecule has 0 spiro atoms. The van der Waals surface area contributed by atoms with Crippen LogP contribution in [-0.4, -0.2) is 54.8 Å². The third-order valence-corrected chi connectivity index (χ3v) is 7.15. The summed E-state index contributed by atoms with van der Waals surface area (Å²) in [5.74, 6) is 0. The molecule has 1 aliphatic heterocycles. The second-order valence-corrected chi connectivity index (χ2v) is 8.94. The molecule has 28 heavy (non-hydrogen) atoms. The number of morpholine rings is 1. The van der Waals surface area contributed by atoms with Gasteiger partial charge in [-0.1, -0.05) is 44.2 Å². The van der Waals surface area contributed by atoms with Gasteiger partial charge in [-0.2, -0.15) is 17.0 Å². The Morgan fingerprint density at radius 2 is 1.86 bits per heavy atom. The zero-order valence-corrected chi connectivity index (χ0v) is 17.7. The smallest absolute Gasteiger partial charge is 0.282 e. The van der Waals surface area contributed by atoms with Crippen LogP contribution in [-0.2, 0) is 21.4 Å². The molecule has 0 aliphatic carbocycles. The van der Waals surface area contributed by atoms with Crippen molar-refractivity contribution < 1.29 is 13.2 Å². The average Bonchev–Trinajstić information content (AvgIpc) is 2.69. The molecule has 0 bridgehead atoms. The van der Waals surface area contributed by atoms with E-state index in [0.29, 0.717) is 32.8 Å². The summed E-state index contributed by atoms with van der Waals surface area (Å²) >= 11 is 0. The van der Waals surface area contributed by atoms with Crippen molar-refractivity contribution in [2.45, 2.75) is 33.3 Å². The van der Waals surface area contributed by atoms with Crippen LogP contribution in [0.5, 0.6) is 0 Å². The molecule has 1 saturated heterocycles. The molecule has 0 N–H and O–H groups in total. The summed E-state index contributed by atoms with van der Waals surface area (Å²) < 4.78 is 34.7. The Labute approximate surface area is 168 Å². The van der Waals surface area contributed by atoms with Gasteiger partial charge in [-0.05, 0) is 36.6 Å². The van der Waals surface area contributed by atoms with Crippen LogP contribution in [0.3, 0.4) is 0 Å². The van der Waals surface area contributed by atoms with Crippen molar-refractivity contribution in [1.82, 2.24) is 13.6 Å². The average molecular weight is 404 g/mol. The Morgan fingerprint density at radius 1 is 1.14 bits per heavy atom. The van der Waals surface area contributed by atoms with E-state index in [2.05, 4.69) is 23.2 Å². The number of benzene rings is 1. The molecule has 7 heteroatoms. The highest BCUT2D eigenvalue weighted by Crippen LogP contribution is 2.25. The van der Waals surface area contributed by atoms with E-state index in [1.807, 2.05) is 45.0 Å². The zero-order valence-electron chi connectivity index (χ0n) is 16.8. The molecule has 152 valence electrons. The molecule has 0 saturated carbocycles. The number of nitrogens with zero attached hydrogens (tertiary/aromatic N) is 3. The summed E-state index contributed by atoms with van der Waals surface area (Å²) in [4.78, 5) is 4.64. The van der Waals surface area contributed by atoms with Gasteiger partial charge in [0, 0.05) is 31.9 Å².